The number of halogens is 1. The Morgan fingerprint density at radius 3 is 2.84 bits per heavy atom. The Kier molecular flexibility index (Phi) is 5.23. The molecule has 1 fully saturated rings. The molecule has 0 unspecified atom stereocenters. The molecule has 1 aromatic carbocycles. The van der Waals surface area contributed by atoms with Gasteiger partial charge in [-0.2, -0.15) is 0 Å². The minimum Gasteiger partial charge on any atom is -0.384 e. The van der Waals surface area contributed by atoms with Gasteiger partial charge in [0.15, 0.2) is 0 Å². The molecule has 1 heterocycles. The van der Waals surface area contributed by atoms with Crippen LogP contribution in [0.4, 0.5) is 0 Å². The van der Waals surface area contributed by atoms with Crippen LogP contribution in [0.5, 0.6) is 0 Å². The van der Waals surface area contributed by atoms with Crippen molar-refractivity contribution in [2.24, 2.45) is 5.92 Å². The zero-order chi connectivity index (χ0) is 13.7. The van der Waals surface area contributed by atoms with Crippen LogP contribution in [0.15, 0.2) is 24.3 Å². The van der Waals surface area contributed by atoms with Gasteiger partial charge in [0.2, 0.25) is 5.91 Å². The van der Waals surface area contributed by atoms with E-state index < -0.39 is 0 Å². The molecule has 1 amide bonds. The number of hydrogen-bond donors (Lipinski definition) is 0. The zero-order valence-corrected chi connectivity index (χ0v) is 12.0. The summed E-state index contributed by atoms with van der Waals surface area (Å²) in [6, 6.07) is 7.48. The van der Waals surface area contributed by atoms with Crippen LogP contribution in [0.3, 0.4) is 0 Å². The summed E-state index contributed by atoms with van der Waals surface area (Å²) in [7, 11) is 1.72. The van der Waals surface area contributed by atoms with Crippen molar-refractivity contribution in [1.82, 2.24) is 4.90 Å². The van der Waals surface area contributed by atoms with Gasteiger partial charge in [0.1, 0.15) is 0 Å². The first kappa shape index (κ1) is 14.4. The summed E-state index contributed by atoms with van der Waals surface area (Å²) >= 11 is 5.84. The van der Waals surface area contributed by atoms with Gasteiger partial charge in [0.05, 0.1) is 13.0 Å². The number of carbonyl (C=O) groups excluding carboxylic acids is 1. The summed E-state index contributed by atoms with van der Waals surface area (Å²) < 4.78 is 5.19. The van der Waals surface area contributed by atoms with Gasteiger partial charge < -0.3 is 9.64 Å². The van der Waals surface area contributed by atoms with E-state index in [1.54, 1.807) is 7.11 Å². The molecular weight excluding hydrogens is 262 g/mol. The Morgan fingerprint density at radius 1 is 1.42 bits per heavy atom. The molecule has 0 N–H and O–H groups in total. The van der Waals surface area contributed by atoms with E-state index in [9.17, 15) is 4.79 Å². The first-order valence-electron chi connectivity index (χ1n) is 6.70. The molecule has 1 aliphatic heterocycles. The van der Waals surface area contributed by atoms with E-state index in [2.05, 4.69) is 0 Å². The van der Waals surface area contributed by atoms with E-state index >= 15 is 0 Å². The molecule has 0 aliphatic carbocycles. The van der Waals surface area contributed by atoms with Gasteiger partial charge in [-0.1, -0.05) is 23.7 Å². The predicted octanol–water partition coefficient (Wildman–Crippen LogP) is 2.77. The highest BCUT2D eigenvalue weighted by molar-refractivity contribution is 6.30. The third-order valence-corrected chi connectivity index (χ3v) is 3.79. The Hall–Kier alpha value is -1.06. The molecule has 0 saturated carbocycles. The van der Waals surface area contributed by atoms with Crippen LogP contribution in [0.2, 0.25) is 5.02 Å². The van der Waals surface area contributed by atoms with Crippen molar-refractivity contribution in [3.63, 3.8) is 0 Å². The number of piperidine rings is 1. The topological polar surface area (TPSA) is 29.5 Å². The van der Waals surface area contributed by atoms with Gasteiger partial charge in [-0.25, -0.2) is 0 Å². The SMILES string of the molecule is COC[C@H]1CCCN(C(=O)Cc2ccc(Cl)cc2)C1. The normalized spacial score (nSPS) is 19.5. The first-order chi connectivity index (χ1) is 9.19. The quantitative estimate of drug-likeness (QED) is 0.849. The van der Waals surface area contributed by atoms with Crippen LogP contribution >= 0.6 is 11.6 Å². The molecule has 19 heavy (non-hydrogen) atoms. The molecule has 1 saturated heterocycles. The van der Waals surface area contributed by atoms with Gasteiger partial charge in [0.25, 0.3) is 0 Å². The Morgan fingerprint density at radius 2 is 2.16 bits per heavy atom. The second kappa shape index (κ2) is 6.92. The summed E-state index contributed by atoms with van der Waals surface area (Å²) in [6.45, 7) is 2.43. The number of likely N-dealkylation sites (tertiary alicyclic amines) is 1. The van der Waals surface area contributed by atoms with Crippen molar-refractivity contribution in [3.8, 4) is 0 Å². The average Bonchev–Trinajstić information content (AvgIpc) is 2.42. The zero-order valence-electron chi connectivity index (χ0n) is 11.3. The number of ether oxygens (including phenoxy) is 1. The highest BCUT2D eigenvalue weighted by Crippen LogP contribution is 2.18. The van der Waals surface area contributed by atoms with E-state index in [1.165, 1.54) is 0 Å². The standard InChI is InChI=1S/C15H20ClNO2/c1-19-11-13-3-2-8-17(10-13)15(18)9-12-4-6-14(16)7-5-12/h4-7,13H,2-3,8-11H2,1H3/t13-/m0/s1. The first-order valence-corrected chi connectivity index (χ1v) is 7.08. The third-order valence-electron chi connectivity index (χ3n) is 3.54. The second-order valence-electron chi connectivity index (χ2n) is 5.11. The highest BCUT2D eigenvalue weighted by atomic mass is 35.5. The Balaban J connectivity index is 1.90. The van der Waals surface area contributed by atoms with Crippen molar-refractivity contribution in [2.75, 3.05) is 26.8 Å². The fourth-order valence-corrected chi connectivity index (χ4v) is 2.68. The fourth-order valence-electron chi connectivity index (χ4n) is 2.55. The molecule has 1 aromatic rings. The lowest BCUT2D eigenvalue weighted by atomic mass is 9.98. The summed E-state index contributed by atoms with van der Waals surface area (Å²) in [6.07, 6.45) is 2.68. The molecule has 4 heteroatoms. The molecule has 3 nitrogen and oxygen atoms in total. The molecule has 2 rings (SSSR count). The smallest absolute Gasteiger partial charge is 0.226 e. The summed E-state index contributed by atoms with van der Waals surface area (Å²) in [5, 5.41) is 0.703. The van der Waals surface area contributed by atoms with Crippen LogP contribution in [0.1, 0.15) is 18.4 Å². The number of rotatable bonds is 4. The molecule has 0 radical (unpaired) electrons. The predicted molar refractivity (Wildman–Crippen MR) is 76.3 cm³/mol. The third kappa shape index (κ3) is 4.22. The van der Waals surface area contributed by atoms with Crippen molar-refractivity contribution in [1.29, 1.82) is 0 Å². The maximum absolute atomic E-state index is 12.3. The maximum atomic E-state index is 12.3. The number of nitrogens with zero attached hydrogens (tertiary/aromatic N) is 1. The van der Waals surface area contributed by atoms with Crippen LogP contribution < -0.4 is 0 Å². The van der Waals surface area contributed by atoms with Gasteiger partial charge in [-0.3, -0.25) is 4.79 Å². The number of carbonyl (C=O) groups is 1. The van der Waals surface area contributed by atoms with Crippen molar-refractivity contribution in [3.05, 3.63) is 34.9 Å². The fraction of sp³-hybridized carbons (Fsp3) is 0.533. The number of benzene rings is 1. The largest absolute Gasteiger partial charge is 0.384 e. The number of amides is 1. The van der Waals surface area contributed by atoms with E-state index in [0.29, 0.717) is 17.4 Å². The lowest BCUT2D eigenvalue weighted by Crippen LogP contribution is -2.41. The van der Waals surface area contributed by atoms with E-state index in [-0.39, 0.29) is 5.91 Å². The van der Waals surface area contributed by atoms with Crippen LogP contribution in [0, 0.1) is 5.92 Å². The minimum absolute atomic E-state index is 0.197. The molecule has 0 spiro atoms. The lowest BCUT2D eigenvalue weighted by molar-refractivity contribution is -0.132. The van der Waals surface area contributed by atoms with Gasteiger partial charge >= 0.3 is 0 Å². The monoisotopic (exact) mass is 281 g/mol. The molecule has 1 aliphatic rings. The molecular formula is C15H20ClNO2. The maximum Gasteiger partial charge on any atom is 0.226 e. The summed E-state index contributed by atoms with van der Waals surface area (Å²) in [5.74, 6) is 0.677. The van der Waals surface area contributed by atoms with Crippen molar-refractivity contribution < 1.29 is 9.53 Å². The number of methoxy groups -OCH3 is 1. The summed E-state index contributed by atoms with van der Waals surface area (Å²) in [5.41, 5.74) is 1.02. The number of hydrogen-bond acceptors (Lipinski definition) is 2. The van der Waals surface area contributed by atoms with E-state index in [4.69, 9.17) is 16.3 Å². The average molecular weight is 282 g/mol. The van der Waals surface area contributed by atoms with E-state index in [0.717, 1.165) is 38.1 Å². The Labute approximate surface area is 119 Å². The molecule has 0 bridgehead atoms. The van der Waals surface area contributed by atoms with Crippen molar-refractivity contribution >= 4 is 17.5 Å². The Bertz CT molecular complexity index is 417. The van der Waals surface area contributed by atoms with Gasteiger partial charge in [-0.15, -0.1) is 0 Å². The lowest BCUT2D eigenvalue weighted by Gasteiger charge is -2.32. The molecule has 104 valence electrons. The van der Waals surface area contributed by atoms with Gasteiger partial charge in [0, 0.05) is 25.2 Å². The van der Waals surface area contributed by atoms with Crippen molar-refractivity contribution in [2.45, 2.75) is 19.3 Å². The van der Waals surface area contributed by atoms with E-state index in [1.807, 2.05) is 29.2 Å². The molecule has 1 atom stereocenters. The van der Waals surface area contributed by atoms with Crippen LogP contribution in [-0.4, -0.2) is 37.6 Å². The highest BCUT2D eigenvalue weighted by Gasteiger charge is 2.23. The second-order valence-corrected chi connectivity index (χ2v) is 5.54. The molecule has 0 aromatic heterocycles. The van der Waals surface area contributed by atoms with Crippen LogP contribution in [-0.2, 0) is 16.0 Å². The van der Waals surface area contributed by atoms with Crippen LogP contribution in [0.25, 0.3) is 0 Å². The minimum atomic E-state index is 0.197. The van der Waals surface area contributed by atoms with Gasteiger partial charge in [-0.05, 0) is 36.5 Å². The summed E-state index contributed by atoms with van der Waals surface area (Å²) in [4.78, 5) is 14.2.